The highest BCUT2D eigenvalue weighted by atomic mass is 16.3. The molecule has 1 unspecified atom stereocenters. The number of hydrogen-bond acceptors (Lipinski definition) is 4. The van der Waals surface area contributed by atoms with Gasteiger partial charge in [0.05, 0.1) is 0 Å². The van der Waals surface area contributed by atoms with Gasteiger partial charge in [0.15, 0.2) is 0 Å². The summed E-state index contributed by atoms with van der Waals surface area (Å²) in [5.41, 5.74) is 1.21. The predicted molar refractivity (Wildman–Crippen MR) is 74.6 cm³/mol. The Morgan fingerprint density at radius 2 is 2.20 bits per heavy atom. The highest BCUT2D eigenvalue weighted by Crippen LogP contribution is 2.19. The van der Waals surface area contributed by atoms with Gasteiger partial charge in [-0.3, -0.25) is 9.59 Å². The molecule has 6 nitrogen and oxygen atoms in total. The van der Waals surface area contributed by atoms with Crippen LogP contribution < -0.4 is 10.6 Å². The molecule has 2 rings (SSSR count). The molecule has 1 aromatic carbocycles. The lowest BCUT2D eigenvalue weighted by Crippen LogP contribution is -2.59. The van der Waals surface area contributed by atoms with Gasteiger partial charge in [-0.1, -0.05) is 0 Å². The van der Waals surface area contributed by atoms with E-state index in [1.807, 2.05) is 0 Å². The van der Waals surface area contributed by atoms with Crippen molar-refractivity contribution in [2.24, 2.45) is 0 Å². The molecule has 1 fully saturated rings. The van der Waals surface area contributed by atoms with Gasteiger partial charge in [-0.15, -0.1) is 0 Å². The number of phenolic OH excluding ortho intramolecular Hbond substituents is 1. The van der Waals surface area contributed by atoms with Crippen LogP contribution in [0.5, 0.6) is 5.75 Å². The fourth-order valence-corrected chi connectivity index (χ4v) is 2.39. The summed E-state index contributed by atoms with van der Waals surface area (Å²) in [6.07, 6.45) is 0. The number of aryl methyl sites for hydroxylation is 1. The molecule has 0 aromatic heterocycles. The number of hydrogen-bond donors (Lipinski definition) is 3. The van der Waals surface area contributed by atoms with E-state index in [0.717, 1.165) is 0 Å². The van der Waals surface area contributed by atoms with Gasteiger partial charge in [0.25, 0.3) is 5.91 Å². The minimum absolute atomic E-state index is 0.127. The Balaban J connectivity index is 2.27. The fourth-order valence-electron chi connectivity index (χ4n) is 2.39. The Morgan fingerprint density at radius 3 is 2.85 bits per heavy atom. The third-order valence-electron chi connectivity index (χ3n) is 3.49. The number of benzene rings is 1. The van der Waals surface area contributed by atoms with Crippen LogP contribution in [-0.2, 0) is 4.79 Å². The van der Waals surface area contributed by atoms with Crippen LogP contribution in [0.1, 0.15) is 15.9 Å². The van der Waals surface area contributed by atoms with Crippen LogP contribution in [0.15, 0.2) is 18.2 Å². The van der Waals surface area contributed by atoms with Crippen molar-refractivity contribution in [1.82, 2.24) is 15.5 Å². The van der Waals surface area contributed by atoms with E-state index in [0.29, 0.717) is 30.8 Å². The van der Waals surface area contributed by atoms with Crippen molar-refractivity contribution in [1.29, 1.82) is 0 Å². The number of nitrogens with zero attached hydrogens (tertiary/aromatic N) is 1. The minimum Gasteiger partial charge on any atom is -0.508 e. The summed E-state index contributed by atoms with van der Waals surface area (Å²) in [5, 5.41) is 15.1. The first-order valence-corrected chi connectivity index (χ1v) is 6.57. The van der Waals surface area contributed by atoms with Crippen molar-refractivity contribution in [3.05, 3.63) is 29.3 Å². The molecule has 0 spiro atoms. The number of nitrogens with one attached hydrogen (secondary N) is 2. The number of likely N-dealkylation sites (N-methyl/N-ethyl adjacent to an activating group) is 1. The van der Waals surface area contributed by atoms with Gasteiger partial charge in [0.1, 0.15) is 11.8 Å². The molecule has 20 heavy (non-hydrogen) atoms. The molecule has 1 heterocycles. The molecule has 1 saturated heterocycles. The van der Waals surface area contributed by atoms with E-state index in [1.165, 1.54) is 6.07 Å². The first kappa shape index (κ1) is 14.3. The number of piperazine rings is 1. The molecule has 0 radical (unpaired) electrons. The summed E-state index contributed by atoms with van der Waals surface area (Å²) >= 11 is 0. The van der Waals surface area contributed by atoms with Crippen molar-refractivity contribution < 1.29 is 14.7 Å². The van der Waals surface area contributed by atoms with Crippen LogP contribution in [0.2, 0.25) is 0 Å². The average Bonchev–Trinajstić information content (AvgIpc) is 2.46. The van der Waals surface area contributed by atoms with Crippen LogP contribution in [-0.4, -0.2) is 54.5 Å². The maximum Gasteiger partial charge on any atom is 0.254 e. The Bertz CT molecular complexity index is 530. The Hall–Kier alpha value is -2.08. The van der Waals surface area contributed by atoms with E-state index in [-0.39, 0.29) is 17.6 Å². The van der Waals surface area contributed by atoms with E-state index < -0.39 is 6.04 Å². The Morgan fingerprint density at radius 1 is 1.45 bits per heavy atom. The van der Waals surface area contributed by atoms with Crippen molar-refractivity contribution in [3.63, 3.8) is 0 Å². The zero-order valence-electron chi connectivity index (χ0n) is 11.6. The topological polar surface area (TPSA) is 81.7 Å². The van der Waals surface area contributed by atoms with Crippen LogP contribution in [0.25, 0.3) is 0 Å². The van der Waals surface area contributed by atoms with E-state index in [2.05, 4.69) is 10.6 Å². The van der Waals surface area contributed by atoms with Gasteiger partial charge in [-0.2, -0.15) is 0 Å². The summed E-state index contributed by atoms with van der Waals surface area (Å²) < 4.78 is 0. The minimum atomic E-state index is -0.505. The second-order valence-electron chi connectivity index (χ2n) is 4.83. The highest BCUT2D eigenvalue weighted by molar-refractivity contribution is 5.99. The fraction of sp³-hybridized carbons (Fsp3) is 0.429. The van der Waals surface area contributed by atoms with E-state index in [9.17, 15) is 14.7 Å². The zero-order valence-corrected chi connectivity index (χ0v) is 11.6. The third-order valence-corrected chi connectivity index (χ3v) is 3.49. The maximum atomic E-state index is 12.6. The third kappa shape index (κ3) is 2.75. The van der Waals surface area contributed by atoms with Gasteiger partial charge in [0.2, 0.25) is 5.91 Å². The summed E-state index contributed by atoms with van der Waals surface area (Å²) in [4.78, 5) is 26.0. The van der Waals surface area contributed by atoms with E-state index in [4.69, 9.17) is 0 Å². The van der Waals surface area contributed by atoms with Gasteiger partial charge < -0.3 is 20.6 Å². The van der Waals surface area contributed by atoms with Crippen LogP contribution >= 0.6 is 0 Å². The molecule has 6 heteroatoms. The average molecular weight is 277 g/mol. The lowest BCUT2D eigenvalue weighted by molar-refractivity contribution is -0.125. The molecule has 2 amide bonds. The van der Waals surface area contributed by atoms with Gasteiger partial charge >= 0.3 is 0 Å². The van der Waals surface area contributed by atoms with E-state index >= 15 is 0 Å². The highest BCUT2D eigenvalue weighted by Gasteiger charge is 2.32. The van der Waals surface area contributed by atoms with Crippen molar-refractivity contribution in [2.75, 3.05) is 26.7 Å². The second kappa shape index (κ2) is 5.92. The first-order chi connectivity index (χ1) is 9.54. The smallest absolute Gasteiger partial charge is 0.254 e. The molecule has 1 aliphatic rings. The van der Waals surface area contributed by atoms with E-state index in [1.54, 1.807) is 31.0 Å². The summed E-state index contributed by atoms with van der Waals surface area (Å²) in [5.74, 6) is -0.234. The Labute approximate surface area is 117 Å². The number of phenols is 1. The van der Waals surface area contributed by atoms with Crippen LogP contribution in [0.3, 0.4) is 0 Å². The predicted octanol–water partition coefficient (Wildman–Crippen LogP) is -0.139. The molecular weight excluding hydrogens is 258 g/mol. The summed E-state index contributed by atoms with van der Waals surface area (Å²) in [7, 11) is 1.56. The zero-order chi connectivity index (χ0) is 14.7. The number of carbonyl (C=O) groups is 2. The normalized spacial score (nSPS) is 18.7. The van der Waals surface area contributed by atoms with Crippen LogP contribution in [0, 0.1) is 6.92 Å². The van der Waals surface area contributed by atoms with Gasteiger partial charge in [0, 0.05) is 32.2 Å². The molecular formula is C14H19N3O3. The largest absolute Gasteiger partial charge is 0.508 e. The molecule has 3 N–H and O–H groups in total. The molecule has 1 atom stereocenters. The van der Waals surface area contributed by atoms with Crippen molar-refractivity contribution in [3.8, 4) is 5.75 Å². The van der Waals surface area contributed by atoms with Gasteiger partial charge in [-0.05, 0) is 30.7 Å². The van der Waals surface area contributed by atoms with Gasteiger partial charge in [-0.25, -0.2) is 0 Å². The summed E-state index contributed by atoms with van der Waals surface area (Å²) in [6.45, 7) is 3.36. The second-order valence-corrected chi connectivity index (χ2v) is 4.83. The number of aromatic hydroxyl groups is 1. The lowest BCUT2D eigenvalue weighted by atomic mass is 10.0. The number of rotatable bonds is 2. The molecule has 0 bridgehead atoms. The van der Waals surface area contributed by atoms with Crippen molar-refractivity contribution in [2.45, 2.75) is 13.0 Å². The molecule has 1 aliphatic heterocycles. The molecule has 0 saturated carbocycles. The molecule has 0 aliphatic carbocycles. The lowest BCUT2D eigenvalue weighted by Gasteiger charge is -2.35. The maximum absolute atomic E-state index is 12.6. The SMILES string of the molecule is CNC(=O)C1CNCCN1C(=O)c1ccc(O)cc1C. The van der Waals surface area contributed by atoms with Crippen LogP contribution in [0.4, 0.5) is 0 Å². The Kier molecular flexibility index (Phi) is 4.24. The number of carbonyl (C=O) groups excluding carboxylic acids is 2. The standard InChI is InChI=1S/C14H19N3O3/c1-9-7-10(18)3-4-11(9)14(20)17-6-5-16-8-12(17)13(19)15-2/h3-4,7,12,16,18H,5-6,8H2,1-2H3,(H,15,19). The molecule has 108 valence electrons. The monoisotopic (exact) mass is 277 g/mol. The summed E-state index contributed by atoms with van der Waals surface area (Å²) in [6, 6.07) is 4.12. The quantitative estimate of drug-likeness (QED) is 0.703. The van der Waals surface area contributed by atoms with Crippen molar-refractivity contribution >= 4 is 11.8 Å². The first-order valence-electron chi connectivity index (χ1n) is 6.57. The number of amides is 2. The molecule has 1 aromatic rings.